The number of pyridine rings is 1. The molecule has 0 radical (unpaired) electrons. The van der Waals surface area contributed by atoms with Gasteiger partial charge in [-0.25, -0.2) is 4.98 Å². The van der Waals surface area contributed by atoms with Crippen molar-refractivity contribution in [1.82, 2.24) is 4.98 Å². The van der Waals surface area contributed by atoms with Crippen LogP contribution >= 0.6 is 0 Å². The van der Waals surface area contributed by atoms with Gasteiger partial charge in [0.15, 0.2) is 0 Å². The SMILES string of the molecule is Cc1c(C2CCOCC2)nc(OC2CCC2)c2cc(O)ccc12. The second-order valence-corrected chi connectivity index (χ2v) is 6.71. The van der Waals surface area contributed by atoms with Crippen LogP contribution in [0.3, 0.4) is 0 Å². The number of aromatic nitrogens is 1. The fraction of sp³-hybridized carbons (Fsp3) is 0.526. The average molecular weight is 313 g/mol. The Hall–Kier alpha value is -1.81. The van der Waals surface area contributed by atoms with Gasteiger partial charge in [-0.2, -0.15) is 0 Å². The first-order chi connectivity index (χ1) is 11.2. The molecule has 0 unspecified atom stereocenters. The van der Waals surface area contributed by atoms with Crippen molar-refractivity contribution in [2.24, 2.45) is 0 Å². The van der Waals surface area contributed by atoms with Gasteiger partial charge in [0.1, 0.15) is 11.9 Å². The molecule has 0 spiro atoms. The van der Waals surface area contributed by atoms with Crippen molar-refractivity contribution in [3.8, 4) is 11.6 Å². The number of aromatic hydroxyl groups is 1. The minimum Gasteiger partial charge on any atom is -0.508 e. The monoisotopic (exact) mass is 313 g/mol. The van der Waals surface area contributed by atoms with Gasteiger partial charge < -0.3 is 14.6 Å². The summed E-state index contributed by atoms with van der Waals surface area (Å²) in [4.78, 5) is 4.90. The van der Waals surface area contributed by atoms with Crippen LogP contribution < -0.4 is 4.74 Å². The van der Waals surface area contributed by atoms with Crippen LogP contribution in [0.1, 0.15) is 49.3 Å². The molecule has 1 aromatic heterocycles. The fourth-order valence-corrected chi connectivity index (χ4v) is 3.53. The zero-order valence-corrected chi connectivity index (χ0v) is 13.5. The summed E-state index contributed by atoms with van der Waals surface area (Å²) in [7, 11) is 0. The Morgan fingerprint density at radius 3 is 2.61 bits per heavy atom. The highest BCUT2D eigenvalue weighted by atomic mass is 16.5. The van der Waals surface area contributed by atoms with E-state index >= 15 is 0 Å². The standard InChI is InChI=1S/C19H23NO3/c1-12-16-6-5-14(21)11-17(16)19(23-15-3-2-4-15)20-18(12)13-7-9-22-10-8-13/h5-6,11,13,15,21H,2-4,7-10H2,1H3. The van der Waals surface area contributed by atoms with Crippen molar-refractivity contribution in [3.63, 3.8) is 0 Å². The van der Waals surface area contributed by atoms with Gasteiger partial charge in [-0.15, -0.1) is 0 Å². The van der Waals surface area contributed by atoms with Crippen molar-refractivity contribution < 1.29 is 14.6 Å². The second-order valence-electron chi connectivity index (χ2n) is 6.71. The third kappa shape index (κ3) is 2.76. The highest BCUT2D eigenvalue weighted by Crippen LogP contribution is 2.38. The molecule has 0 atom stereocenters. The van der Waals surface area contributed by atoms with Gasteiger partial charge in [0.2, 0.25) is 5.88 Å². The first kappa shape index (κ1) is 14.8. The van der Waals surface area contributed by atoms with E-state index in [1.807, 2.05) is 6.07 Å². The van der Waals surface area contributed by atoms with Crippen LogP contribution in [-0.4, -0.2) is 29.4 Å². The molecule has 4 rings (SSSR count). The van der Waals surface area contributed by atoms with Gasteiger partial charge in [-0.05, 0) is 62.1 Å². The molecule has 1 N–H and O–H groups in total. The molecule has 0 bridgehead atoms. The lowest BCUT2D eigenvalue weighted by Gasteiger charge is -2.28. The molecule has 1 saturated carbocycles. The van der Waals surface area contributed by atoms with Crippen LogP contribution in [0.25, 0.3) is 10.8 Å². The molecule has 2 aromatic rings. The number of hydrogen-bond acceptors (Lipinski definition) is 4. The number of hydrogen-bond donors (Lipinski definition) is 1. The molecule has 4 heteroatoms. The third-order valence-corrected chi connectivity index (χ3v) is 5.18. The van der Waals surface area contributed by atoms with Gasteiger partial charge in [0, 0.05) is 24.5 Å². The molecule has 2 fully saturated rings. The van der Waals surface area contributed by atoms with Gasteiger partial charge in [-0.1, -0.05) is 6.07 Å². The number of ether oxygens (including phenoxy) is 2. The highest BCUT2D eigenvalue weighted by Gasteiger charge is 2.25. The Labute approximate surface area is 136 Å². The molecule has 2 aliphatic rings. The van der Waals surface area contributed by atoms with Crippen molar-refractivity contribution in [2.75, 3.05) is 13.2 Å². The van der Waals surface area contributed by atoms with E-state index in [-0.39, 0.29) is 11.9 Å². The van der Waals surface area contributed by atoms with E-state index in [0.29, 0.717) is 11.8 Å². The summed E-state index contributed by atoms with van der Waals surface area (Å²) in [5.41, 5.74) is 2.34. The third-order valence-electron chi connectivity index (χ3n) is 5.18. The highest BCUT2D eigenvalue weighted by molar-refractivity contribution is 5.91. The van der Waals surface area contributed by atoms with Crippen LogP contribution in [0.5, 0.6) is 11.6 Å². The number of phenolic OH excluding ortho intramolecular Hbond substituents is 1. The average Bonchev–Trinajstić information content (AvgIpc) is 2.53. The molecular formula is C19H23NO3. The Bertz CT molecular complexity index is 718. The summed E-state index contributed by atoms with van der Waals surface area (Å²) in [5, 5.41) is 11.9. The Morgan fingerprint density at radius 2 is 1.91 bits per heavy atom. The van der Waals surface area contributed by atoms with Crippen LogP contribution in [0, 0.1) is 6.92 Å². The molecule has 4 nitrogen and oxygen atoms in total. The predicted octanol–water partition coefficient (Wildman–Crippen LogP) is 4.07. The van der Waals surface area contributed by atoms with Gasteiger partial charge >= 0.3 is 0 Å². The Balaban J connectivity index is 1.82. The number of fused-ring (bicyclic) bond motifs is 1. The first-order valence-electron chi connectivity index (χ1n) is 8.60. The molecule has 122 valence electrons. The van der Waals surface area contributed by atoms with E-state index in [4.69, 9.17) is 14.5 Å². The smallest absolute Gasteiger partial charge is 0.222 e. The van der Waals surface area contributed by atoms with Gasteiger partial charge in [0.25, 0.3) is 0 Å². The lowest BCUT2D eigenvalue weighted by molar-refractivity contribution is 0.0835. The van der Waals surface area contributed by atoms with Gasteiger partial charge in [0.05, 0.1) is 5.69 Å². The minimum absolute atomic E-state index is 0.260. The predicted molar refractivity (Wildman–Crippen MR) is 89.2 cm³/mol. The molecule has 23 heavy (non-hydrogen) atoms. The molecular weight excluding hydrogens is 290 g/mol. The van der Waals surface area contributed by atoms with Crippen LogP contribution in [-0.2, 0) is 4.74 Å². The number of aryl methyl sites for hydroxylation is 1. The number of phenols is 1. The molecule has 1 aliphatic heterocycles. The number of rotatable bonds is 3. The number of benzene rings is 1. The molecule has 1 saturated heterocycles. The van der Waals surface area contributed by atoms with Crippen LogP contribution in [0.2, 0.25) is 0 Å². The summed E-state index contributed by atoms with van der Waals surface area (Å²) in [6.07, 6.45) is 5.73. The fourth-order valence-electron chi connectivity index (χ4n) is 3.53. The lowest BCUT2D eigenvalue weighted by atomic mass is 9.91. The summed E-state index contributed by atoms with van der Waals surface area (Å²) >= 11 is 0. The maximum absolute atomic E-state index is 9.87. The Morgan fingerprint density at radius 1 is 1.13 bits per heavy atom. The minimum atomic E-state index is 0.260. The van der Waals surface area contributed by atoms with Crippen LogP contribution in [0.4, 0.5) is 0 Å². The van der Waals surface area contributed by atoms with Gasteiger partial charge in [-0.3, -0.25) is 0 Å². The van der Waals surface area contributed by atoms with E-state index in [2.05, 4.69) is 6.92 Å². The summed E-state index contributed by atoms with van der Waals surface area (Å²) in [6, 6.07) is 5.51. The topological polar surface area (TPSA) is 51.6 Å². The van der Waals surface area contributed by atoms with Crippen molar-refractivity contribution in [1.29, 1.82) is 0 Å². The maximum Gasteiger partial charge on any atom is 0.222 e. The second kappa shape index (κ2) is 6.00. The lowest BCUT2D eigenvalue weighted by Crippen LogP contribution is -2.25. The largest absolute Gasteiger partial charge is 0.508 e. The zero-order valence-electron chi connectivity index (χ0n) is 13.5. The quantitative estimate of drug-likeness (QED) is 0.928. The van der Waals surface area contributed by atoms with Crippen molar-refractivity contribution in [3.05, 3.63) is 29.5 Å². The van der Waals surface area contributed by atoms with E-state index < -0.39 is 0 Å². The van der Waals surface area contributed by atoms with Crippen molar-refractivity contribution in [2.45, 2.75) is 51.0 Å². The zero-order chi connectivity index (χ0) is 15.8. The van der Waals surface area contributed by atoms with E-state index in [1.165, 1.54) is 12.0 Å². The molecule has 0 amide bonds. The number of nitrogens with zero attached hydrogens (tertiary/aromatic N) is 1. The molecule has 2 heterocycles. The molecule has 1 aliphatic carbocycles. The first-order valence-corrected chi connectivity index (χ1v) is 8.60. The maximum atomic E-state index is 9.87. The summed E-state index contributed by atoms with van der Waals surface area (Å²) in [5.74, 6) is 1.38. The summed E-state index contributed by atoms with van der Waals surface area (Å²) in [6.45, 7) is 3.74. The molecule has 1 aromatic carbocycles. The van der Waals surface area contributed by atoms with E-state index in [1.54, 1.807) is 12.1 Å². The Kier molecular flexibility index (Phi) is 3.85. The van der Waals surface area contributed by atoms with E-state index in [0.717, 1.165) is 55.4 Å². The van der Waals surface area contributed by atoms with Crippen molar-refractivity contribution >= 4 is 10.8 Å². The van der Waals surface area contributed by atoms with Crippen LogP contribution in [0.15, 0.2) is 18.2 Å². The van der Waals surface area contributed by atoms with E-state index in [9.17, 15) is 5.11 Å². The summed E-state index contributed by atoms with van der Waals surface area (Å²) < 4.78 is 11.6. The normalized spacial score (nSPS) is 19.7.